The van der Waals surface area contributed by atoms with Crippen molar-refractivity contribution in [1.29, 1.82) is 0 Å². The van der Waals surface area contributed by atoms with Gasteiger partial charge in [0.25, 0.3) is 11.5 Å². The predicted octanol–water partition coefficient (Wildman–Crippen LogP) is 2.48. The van der Waals surface area contributed by atoms with Crippen LogP contribution in [0.15, 0.2) is 34.8 Å². The molecule has 0 saturated carbocycles. The van der Waals surface area contributed by atoms with Crippen molar-refractivity contribution in [2.45, 2.75) is 20.4 Å². The molecule has 8 heteroatoms. The number of carbonyl (C=O) groups excluding carboxylic acids is 1. The van der Waals surface area contributed by atoms with Crippen LogP contribution in [0.25, 0.3) is 9.88 Å². The molecule has 24 heavy (non-hydrogen) atoms. The summed E-state index contributed by atoms with van der Waals surface area (Å²) >= 11 is 2.98. The Kier molecular flexibility index (Phi) is 4.86. The molecule has 0 spiro atoms. The van der Waals surface area contributed by atoms with Gasteiger partial charge >= 0.3 is 0 Å². The first-order chi connectivity index (χ1) is 11.6. The smallest absolute Gasteiger partial charge is 0.263 e. The minimum Gasteiger partial charge on any atom is -0.349 e. The maximum Gasteiger partial charge on any atom is 0.263 e. The number of carbonyl (C=O) groups is 1. The molecule has 0 unspecified atom stereocenters. The van der Waals surface area contributed by atoms with Crippen LogP contribution in [0.5, 0.6) is 0 Å². The molecule has 6 nitrogen and oxygen atoms in total. The molecule has 3 heterocycles. The van der Waals surface area contributed by atoms with E-state index in [1.165, 1.54) is 28.4 Å². The van der Waals surface area contributed by atoms with Crippen LogP contribution < -0.4 is 10.9 Å². The van der Waals surface area contributed by atoms with E-state index in [1.54, 1.807) is 18.3 Å². The van der Waals surface area contributed by atoms with Gasteiger partial charge in [0.2, 0.25) is 0 Å². The molecule has 0 saturated heterocycles. The largest absolute Gasteiger partial charge is 0.349 e. The fraction of sp³-hybridized carbons (Fsp3) is 0.250. The zero-order valence-corrected chi connectivity index (χ0v) is 14.9. The Morgan fingerprint density at radius 1 is 1.38 bits per heavy atom. The van der Waals surface area contributed by atoms with Gasteiger partial charge in [0.15, 0.2) is 0 Å². The summed E-state index contributed by atoms with van der Waals surface area (Å²) in [6, 6.07) is 3.95. The van der Waals surface area contributed by atoms with Crippen molar-refractivity contribution < 1.29 is 4.79 Å². The first-order valence-corrected chi connectivity index (χ1v) is 9.06. The Balaban J connectivity index is 1.65. The first kappa shape index (κ1) is 16.5. The van der Waals surface area contributed by atoms with Crippen LogP contribution in [0.3, 0.4) is 0 Å². The van der Waals surface area contributed by atoms with Gasteiger partial charge in [-0.3, -0.25) is 14.2 Å². The molecular formula is C16H16N4O2S2. The van der Waals surface area contributed by atoms with Gasteiger partial charge in [0.1, 0.15) is 9.88 Å². The zero-order valence-electron chi connectivity index (χ0n) is 13.3. The van der Waals surface area contributed by atoms with Gasteiger partial charge in [-0.15, -0.1) is 22.7 Å². The second kappa shape index (κ2) is 7.06. The van der Waals surface area contributed by atoms with Crippen molar-refractivity contribution in [3.63, 3.8) is 0 Å². The summed E-state index contributed by atoms with van der Waals surface area (Å²) in [4.78, 5) is 34.4. The highest BCUT2D eigenvalue weighted by atomic mass is 32.1. The maximum atomic E-state index is 12.4. The van der Waals surface area contributed by atoms with Crippen LogP contribution in [-0.2, 0) is 6.54 Å². The molecule has 0 aliphatic rings. The van der Waals surface area contributed by atoms with Gasteiger partial charge in [-0.2, -0.15) is 0 Å². The number of thiophene rings is 1. The van der Waals surface area contributed by atoms with Crippen molar-refractivity contribution in [3.8, 4) is 9.88 Å². The average Bonchev–Trinajstić information content (AvgIpc) is 3.20. The third kappa shape index (κ3) is 3.44. The summed E-state index contributed by atoms with van der Waals surface area (Å²) in [6.45, 7) is 4.29. The Morgan fingerprint density at radius 2 is 2.21 bits per heavy atom. The number of rotatable bonds is 5. The fourth-order valence-corrected chi connectivity index (χ4v) is 3.98. The van der Waals surface area contributed by atoms with Gasteiger partial charge in [0.05, 0.1) is 16.9 Å². The topological polar surface area (TPSA) is 76.9 Å². The molecule has 3 rings (SSSR count). The van der Waals surface area contributed by atoms with Crippen molar-refractivity contribution in [3.05, 3.63) is 56.5 Å². The summed E-state index contributed by atoms with van der Waals surface area (Å²) < 4.78 is 1.49. The third-order valence-corrected chi connectivity index (χ3v) is 5.64. The molecule has 0 aliphatic heterocycles. The Morgan fingerprint density at radius 3 is 2.96 bits per heavy atom. The highest BCUT2D eigenvalue weighted by Crippen LogP contribution is 2.30. The van der Waals surface area contributed by atoms with Gasteiger partial charge < -0.3 is 5.32 Å². The van der Waals surface area contributed by atoms with E-state index in [0.717, 1.165) is 15.6 Å². The molecule has 0 radical (unpaired) electrons. The quantitative estimate of drug-likeness (QED) is 0.758. The summed E-state index contributed by atoms with van der Waals surface area (Å²) in [7, 11) is 0. The van der Waals surface area contributed by atoms with Crippen LogP contribution in [0.4, 0.5) is 0 Å². The Labute approximate surface area is 146 Å². The SMILES string of the molecule is Cc1nc(-c2cccs2)sc1C(=O)NCCn1cncc(C)c1=O. The van der Waals surface area contributed by atoms with E-state index in [1.807, 2.05) is 24.4 Å². The lowest BCUT2D eigenvalue weighted by atomic mass is 10.3. The first-order valence-electron chi connectivity index (χ1n) is 7.37. The highest BCUT2D eigenvalue weighted by Gasteiger charge is 2.16. The molecule has 0 aromatic carbocycles. The van der Waals surface area contributed by atoms with Crippen molar-refractivity contribution in [2.75, 3.05) is 6.54 Å². The molecule has 0 aliphatic carbocycles. The number of thiazole rings is 1. The van der Waals surface area contributed by atoms with Crippen LogP contribution in [0, 0.1) is 13.8 Å². The lowest BCUT2D eigenvalue weighted by Crippen LogP contribution is -2.31. The predicted molar refractivity (Wildman–Crippen MR) is 95.7 cm³/mol. The number of nitrogens with zero attached hydrogens (tertiary/aromatic N) is 3. The molecular weight excluding hydrogens is 344 g/mol. The number of aryl methyl sites for hydroxylation is 2. The van der Waals surface area contributed by atoms with Crippen LogP contribution in [0.2, 0.25) is 0 Å². The van der Waals surface area contributed by atoms with E-state index < -0.39 is 0 Å². The third-order valence-electron chi connectivity index (χ3n) is 3.45. The van der Waals surface area contributed by atoms with Crippen LogP contribution in [-0.4, -0.2) is 27.0 Å². The number of nitrogens with one attached hydrogen (secondary N) is 1. The number of hydrogen-bond donors (Lipinski definition) is 1. The molecule has 3 aromatic rings. The van der Waals surface area contributed by atoms with Gasteiger partial charge in [-0.1, -0.05) is 6.07 Å². The minimum absolute atomic E-state index is 0.0896. The minimum atomic E-state index is -0.165. The normalized spacial score (nSPS) is 10.8. The van der Waals surface area contributed by atoms with E-state index in [9.17, 15) is 9.59 Å². The van der Waals surface area contributed by atoms with Crippen molar-refractivity contribution in [1.82, 2.24) is 19.9 Å². The summed E-state index contributed by atoms with van der Waals surface area (Å²) in [6.07, 6.45) is 3.01. The van der Waals surface area contributed by atoms with Gasteiger partial charge in [-0.05, 0) is 25.3 Å². The van der Waals surface area contributed by atoms with E-state index in [4.69, 9.17) is 0 Å². The molecule has 124 valence electrons. The van der Waals surface area contributed by atoms with E-state index >= 15 is 0 Å². The van der Waals surface area contributed by atoms with E-state index in [2.05, 4.69) is 15.3 Å². The monoisotopic (exact) mass is 360 g/mol. The fourth-order valence-electron chi connectivity index (χ4n) is 2.20. The molecule has 3 aromatic heterocycles. The van der Waals surface area contributed by atoms with Crippen molar-refractivity contribution >= 4 is 28.6 Å². The van der Waals surface area contributed by atoms with E-state index in [0.29, 0.717) is 23.5 Å². The maximum absolute atomic E-state index is 12.4. The Hall–Kier alpha value is -2.32. The number of aromatic nitrogens is 3. The molecule has 0 fully saturated rings. The molecule has 1 amide bonds. The van der Waals surface area contributed by atoms with Crippen molar-refractivity contribution in [2.24, 2.45) is 0 Å². The molecule has 0 bridgehead atoms. The summed E-state index contributed by atoms with van der Waals surface area (Å²) in [5, 5.41) is 5.68. The molecule has 0 atom stereocenters. The lowest BCUT2D eigenvalue weighted by Gasteiger charge is -2.07. The second-order valence-electron chi connectivity index (χ2n) is 5.24. The van der Waals surface area contributed by atoms with Crippen LogP contribution >= 0.6 is 22.7 Å². The molecule has 1 N–H and O–H groups in total. The standard InChI is InChI=1S/C16H16N4O2S2/c1-10-8-17-9-20(16(10)22)6-5-18-14(21)13-11(2)19-15(24-13)12-4-3-7-23-12/h3-4,7-9H,5-6H2,1-2H3,(H,18,21). The average molecular weight is 360 g/mol. The number of hydrogen-bond acceptors (Lipinski definition) is 6. The number of amides is 1. The second-order valence-corrected chi connectivity index (χ2v) is 7.19. The van der Waals surface area contributed by atoms with E-state index in [-0.39, 0.29) is 11.5 Å². The summed E-state index contributed by atoms with van der Waals surface area (Å²) in [5.74, 6) is -0.165. The summed E-state index contributed by atoms with van der Waals surface area (Å²) in [5.41, 5.74) is 1.21. The van der Waals surface area contributed by atoms with Gasteiger partial charge in [-0.25, -0.2) is 9.97 Å². The Bertz CT molecular complexity index is 913. The zero-order chi connectivity index (χ0) is 17.1. The van der Waals surface area contributed by atoms with Crippen LogP contribution in [0.1, 0.15) is 20.9 Å². The highest BCUT2D eigenvalue weighted by molar-refractivity contribution is 7.22. The van der Waals surface area contributed by atoms with Gasteiger partial charge in [0, 0.05) is 24.8 Å². The lowest BCUT2D eigenvalue weighted by molar-refractivity contribution is 0.0955.